The Hall–Kier alpha value is -3.99. The summed E-state index contributed by atoms with van der Waals surface area (Å²) in [6, 6.07) is 26.9. The Morgan fingerprint density at radius 2 is 1.60 bits per heavy atom. The predicted octanol–water partition coefficient (Wildman–Crippen LogP) is 13.2. The molecule has 0 fully saturated rings. The molecule has 3 heterocycles. The van der Waals surface area contributed by atoms with Crippen molar-refractivity contribution < 1.29 is 38.8 Å². The maximum absolute atomic E-state index is 11.7. The molecule has 52 heavy (non-hydrogen) atoms. The van der Waals surface area contributed by atoms with E-state index in [2.05, 4.69) is 101 Å². The van der Waals surface area contributed by atoms with Crippen LogP contribution in [0.4, 0.5) is 0 Å². The van der Waals surface area contributed by atoms with E-state index in [9.17, 15) is 9.90 Å². The second kappa shape index (κ2) is 17.7. The van der Waals surface area contributed by atoms with Crippen LogP contribution in [0, 0.1) is 23.8 Å². The van der Waals surface area contributed by atoms with E-state index < -0.39 is 0 Å². The third-order valence-electron chi connectivity index (χ3n) is 9.84. The van der Waals surface area contributed by atoms with Crippen LogP contribution in [0.1, 0.15) is 99.3 Å². The third-order valence-corrected chi connectivity index (χ3v) is 9.84. The number of rotatable bonds is 11. The quantitative estimate of drug-likeness (QED) is 0.0797. The first-order valence-corrected chi connectivity index (χ1v) is 18.7. The average Bonchev–Trinajstić information content (AvgIpc) is 3.74. The van der Waals surface area contributed by atoms with Crippen LogP contribution in [-0.2, 0) is 36.7 Å². The summed E-state index contributed by atoms with van der Waals surface area (Å²) in [7, 11) is 0. The topological polar surface area (TPSA) is 76.5 Å². The number of hydrogen-bond donors (Lipinski definition) is 1. The molecule has 6 rings (SSSR count). The van der Waals surface area contributed by atoms with Crippen molar-refractivity contribution in [2.24, 2.45) is 17.8 Å². The molecule has 1 radical (unpaired) electrons. The number of benzene rings is 3. The molecule has 6 aromatic rings. The van der Waals surface area contributed by atoms with Crippen LogP contribution in [0.2, 0.25) is 0 Å². The number of ketones is 1. The number of furan rings is 2. The van der Waals surface area contributed by atoms with Gasteiger partial charge in [0, 0.05) is 67.1 Å². The van der Waals surface area contributed by atoms with E-state index in [0.29, 0.717) is 5.92 Å². The van der Waals surface area contributed by atoms with Gasteiger partial charge in [-0.05, 0) is 54.7 Å². The van der Waals surface area contributed by atoms with Gasteiger partial charge in [-0.3, -0.25) is 9.78 Å². The van der Waals surface area contributed by atoms with Crippen LogP contribution in [0.25, 0.3) is 55.2 Å². The first kappa shape index (κ1) is 40.8. The van der Waals surface area contributed by atoms with Crippen molar-refractivity contribution in [2.75, 3.05) is 0 Å². The molecule has 5 nitrogen and oxygen atoms in total. The van der Waals surface area contributed by atoms with Crippen molar-refractivity contribution in [3.8, 4) is 22.4 Å². The Balaban J connectivity index is 0.000000323. The summed E-state index contributed by atoms with van der Waals surface area (Å²) in [6.45, 7) is 19.2. The van der Waals surface area contributed by atoms with Gasteiger partial charge in [-0.25, -0.2) is 0 Å². The number of allylic oxidation sites excluding steroid dienone is 2. The Labute approximate surface area is 323 Å². The molecule has 1 N–H and O–H groups in total. The van der Waals surface area contributed by atoms with E-state index in [1.54, 1.807) is 6.26 Å². The standard InChI is InChI=1S/C33H30NO2.C13H24O2.Ir/c1-20(2)14-25-16-23-11-10-22(18-31(23)36-25)27-19-30(34-29-12-13-35-32(27)29)24-15-21-8-6-7-9-26(21)28(17-24)33(3,4)5;1-5-10(6-2)12(14)9-13(15)11(7-3)8-4;/h6-13,16-20H,14H2,1-5H3;9-11,14H,5-8H2,1-4H3;/q-1;;/b;12-9-;. The first-order chi connectivity index (χ1) is 24.4. The molecule has 277 valence electrons. The maximum atomic E-state index is 11.7. The molecule has 0 amide bonds. The van der Waals surface area contributed by atoms with Gasteiger partial charge in [-0.15, -0.1) is 29.1 Å². The van der Waals surface area contributed by atoms with Crippen molar-refractivity contribution in [2.45, 2.75) is 99.8 Å². The molecular weight excluding hydrogens is 823 g/mol. The van der Waals surface area contributed by atoms with Crippen LogP contribution in [-0.4, -0.2) is 15.9 Å². The zero-order chi connectivity index (χ0) is 36.9. The number of aromatic nitrogens is 1. The van der Waals surface area contributed by atoms with E-state index >= 15 is 0 Å². The average molecular weight is 877 g/mol. The largest absolute Gasteiger partial charge is 0.512 e. The summed E-state index contributed by atoms with van der Waals surface area (Å²) in [5.74, 6) is 2.12. The molecule has 0 unspecified atom stereocenters. The summed E-state index contributed by atoms with van der Waals surface area (Å²) < 4.78 is 12.1. The van der Waals surface area contributed by atoms with Crippen molar-refractivity contribution in [1.82, 2.24) is 4.98 Å². The predicted molar refractivity (Wildman–Crippen MR) is 212 cm³/mol. The van der Waals surface area contributed by atoms with Crippen LogP contribution in [0.5, 0.6) is 0 Å². The van der Waals surface area contributed by atoms with Crippen molar-refractivity contribution >= 4 is 38.6 Å². The fourth-order valence-corrected chi connectivity index (χ4v) is 6.83. The van der Waals surface area contributed by atoms with E-state index in [4.69, 9.17) is 13.8 Å². The Bertz CT molecular complexity index is 2140. The Morgan fingerprint density at radius 3 is 2.25 bits per heavy atom. The fraction of sp³-hybridized carbons (Fsp3) is 0.391. The van der Waals surface area contributed by atoms with Crippen LogP contribution >= 0.6 is 0 Å². The van der Waals surface area contributed by atoms with Crippen LogP contribution < -0.4 is 0 Å². The number of nitrogens with zero attached hydrogens (tertiary/aromatic N) is 1. The summed E-state index contributed by atoms with van der Waals surface area (Å²) in [5, 5.41) is 13.2. The van der Waals surface area contributed by atoms with Gasteiger partial charge in [-0.2, -0.15) is 0 Å². The van der Waals surface area contributed by atoms with Gasteiger partial charge in [0.15, 0.2) is 11.4 Å². The van der Waals surface area contributed by atoms with Gasteiger partial charge in [0.2, 0.25) is 0 Å². The second-order valence-electron chi connectivity index (χ2n) is 15.1. The summed E-state index contributed by atoms with van der Waals surface area (Å²) >= 11 is 0. The number of carbonyl (C=O) groups is 1. The molecule has 0 atom stereocenters. The van der Waals surface area contributed by atoms with E-state index in [1.165, 1.54) is 17.0 Å². The number of aliphatic hydroxyl groups is 1. The van der Waals surface area contributed by atoms with E-state index in [-0.39, 0.29) is 48.9 Å². The molecule has 0 aliphatic heterocycles. The normalized spacial score (nSPS) is 12.2. The molecule has 0 bridgehead atoms. The van der Waals surface area contributed by atoms with Gasteiger partial charge in [0.25, 0.3) is 0 Å². The van der Waals surface area contributed by atoms with E-state index in [0.717, 1.165) is 87.7 Å². The van der Waals surface area contributed by atoms with Crippen molar-refractivity contribution in [3.63, 3.8) is 0 Å². The van der Waals surface area contributed by atoms with Crippen molar-refractivity contribution in [1.29, 1.82) is 0 Å². The number of pyridine rings is 1. The van der Waals surface area contributed by atoms with Gasteiger partial charge >= 0.3 is 0 Å². The zero-order valence-electron chi connectivity index (χ0n) is 32.2. The number of hydrogen-bond acceptors (Lipinski definition) is 5. The number of fused-ring (bicyclic) bond motifs is 3. The zero-order valence-corrected chi connectivity index (χ0v) is 34.6. The third kappa shape index (κ3) is 9.32. The Morgan fingerprint density at radius 1 is 0.904 bits per heavy atom. The number of carbonyl (C=O) groups excluding carboxylic acids is 1. The Kier molecular flexibility index (Phi) is 13.9. The van der Waals surface area contributed by atoms with Gasteiger partial charge in [-0.1, -0.05) is 110 Å². The van der Waals surface area contributed by atoms with Gasteiger partial charge in [0.05, 0.1) is 12.0 Å². The molecule has 0 spiro atoms. The first-order valence-electron chi connectivity index (χ1n) is 18.7. The summed E-state index contributed by atoms with van der Waals surface area (Å²) in [4.78, 5) is 16.7. The second-order valence-corrected chi connectivity index (χ2v) is 15.1. The molecule has 0 saturated heterocycles. The monoisotopic (exact) mass is 877 g/mol. The van der Waals surface area contributed by atoms with Gasteiger partial charge in [0.1, 0.15) is 16.9 Å². The maximum Gasteiger partial charge on any atom is 0.162 e. The SMILES string of the molecule is CC(C)Cc1cc2ccc(-c3cc(-c4[c-]c5ccccc5c(C(C)(C)C)c4)nc4ccoc34)cc2o1.CCC(CC)C(=O)/C=C(\O)C(CC)CC.[Ir]. The minimum Gasteiger partial charge on any atom is -0.512 e. The molecule has 0 aliphatic rings. The molecule has 0 aliphatic carbocycles. The molecule has 6 heteroatoms. The number of aliphatic hydroxyl groups excluding tert-OH is 1. The van der Waals surface area contributed by atoms with Crippen LogP contribution in [0.3, 0.4) is 0 Å². The van der Waals surface area contributed by atoms with Crippen molar-refractivity contribution in [3.05, 3.63) is 102 Å². The smallest absolute Gasteiger partial charge is 0.162 e. The molecule has 3 aromatic carbocycles. The molecular formula is C46H54IrNO4-. The van der Waals surface area contributed by atoms with E-state index in [1.807, 2.05) is 33.8 Å². The minimum atomic E-state index is -0.00988. The minimum absolute atomic E-state index is 0. The molecule has 3 aromatic heterocycles. The molecule has 0 saturated carbocycles. The summed E-state index contributed by atoms with van der Waals surface area (Å²) in [5.41, 5.74) is 7.72. The van der Waals surface area contributed by atoms with Gasteiger partial charge < -0.3 is 13.9 Å². The van der Waals surface area contributed by atoms with Crippen LogP contribution in [0.15, 0.2) is 93.7 Å². The fourth-order valence-electron chi connectivity index (χ4n) is 6.83. The summed E-state index contributed by atoms with van der Waals surface area (Å²) in [6.07, 6.45) is 7.55.